The molecule has 65 heavy (non-hydrogen) atoms. The third kappa shape index (κ3) is 27.1. The standard InChI is InChI=1S/C7H10O.C6H10O2.C6H6O2.C6H8O2.C6H10O.2C5H6O2.C5H8O.C4H6O2/c1-5-4-6-2-3-7(5)8-6;1-5-4-7-6(2,3)8-5;1-5-2-3-8-6(7)4-5;1-5-3-2-4-6(7)8-5;1-6-4-2-3-5-7-6;1-4-2-5(6)7-3-4;1-4-2-3-5(6)7-4;1-5-3-2-4-6-5;1-4-2-5-3-6-4/h2-3,5-7H,4H2,1H3;4H,1-3H3;2-4H,1H3;2,4-5H,3H2,1H3;3,5-6H,2,4H2,1H3;2H,3H2,1H3;2-4H,1H3;2,4-5H,3H2,1H3;2H,3H2,1H3. The van der Waals surface area contributed by atoms with Crippen molar-refractivity contribution in [3.8, 4) is 0 Å². The minimum Gasteiger partial charge on any atom is -0.499 e. The molecule has 0 amide bonds. The van der Waals surface area contributed by atoms with Crippen LogP contribution in [0.5, 0.6) is 0 Å². The fourth-order valence-corrected chi connectivity index (χ4v) is 5.67. The van der Waals surface area contributed by atoms with E-state index in [2.05, 4.69) is 57.6 Å². The Morgan fingerprint density at radius 1 is 0.708 bits per heavy atom. The third-order valence-electron chi connectivity index (χ3n) is 9.07. The summed E-state index contributed by atoms with van der Waals surface area (Å²) in [5.74, 6) is 1.38. The predicted molar refractivity (Wildman–Crippen MR) is 244 cm³/mol. The number of carbonyl (C=O) groups is 3. The lowest BCUT2D eigenvalue weighted by molar-refractivity contribution is -0.143. The van der Waals surface area contributed by atoms with Gasteiger partial charge in [-0.25, -0.2) is 19.2 Å². The summed E-state index contributed by atoms with van der Waals surface area (Å²) >= 11 is 0. The van der Waals surface area contributed by atoms with E-state index in [1.165, 1.54) is 49.8 Å². The molecule has 9 aliphatic heterocycles. The molecule has 15 nitrogen and oxygen atoms in total. The molecule has 7 unspecified atom stereocenters. The fourth-order valence-electron chi connectivity index (χ4n) is 5.67. The Hall–Kier alpha value is -5.96. The predicted octanol–water partition coefficient (Wildman–Crippen LogP) is 9.64. The molecule has 7 atom stereocenters. The van der Waals surface area contributed by atoms with Gasteiger partial charge < -0.3 is 51.8 Å². The van der Waals surface area contributed by atoms with E-state index in [4.69, 9.17) is 33.2 Å². The molecule has 360 valence electrons. The van der Waals surface area contributed by atoms with Gasteiger partial charge in [-0.2, -0.15) is 0 Å². The molecule has 15 heteroatoms. The number of fused-ring (bicyclic) bond motifs is 2. The zero-order valence-electron chi connectivity index (χ0n) is 39.9. The van der Waals surface area contributed by atoms with Gasteiger partial charge in [0, 0.05) is 51.0 Å². The minimum absolute atomic E-state index is 0.00694. The molecule has 9 aliphatic rings. The van der Waals surface area contributed by atoms with Crippen molar-refractivity contribution in [3.05, 3.63) is 131 Å². The number of allylic oxidation sites excluding steroid dienone is 3. The van der Waals surface area contributed by atoms with Gasteiger partial charge in [0.05, 0.1) is 43.2 Å². The van der Waals surface area contributed by atoms with Crippen molar-refractivity contribution in [1.29, 1.82) is 0 Å². The summed E-state index contributed by atoms with van der Waals surface area (Å²) in [6.07, 6.45) is 31.9. The van der Waals surface area contributed by atoms with Gasteiger partial charge in [0.25, 0.3) is 0 Å². The molecule has 0 saturated carbocycles. The second-order valence-electron chi connectivity index (χ2n) is 16.3. The Morgan fingerprint density at radius 2 is 1.42 bits per heavy atom. The molecule has 10 heterocycles. The summed E-state index contributed by atoms with van der Waals surface area (Å²) in [7, 11) is 0. The van der Waals surface area contributed by atoms with Gasteiger partial charge in [-0.3, -0.25) is 0 Å². The topological polar surface area (TPSA) is 174 Å². The Bertz CT molecular complexity index is 1910. The fraction of sp³-hybridized carbons (Fsp3) is 0.520. The van der Waals surface area contributed by atoms with Gasteiger partial charge in [0.15, 0.2) is 0 Å². The zero-order chi connectivity index (χ0) is 48.2. The number of carbonyl (C=O) groups excluding carboxylic acids is 3. The Labute approximate surface area is 384 Å². The van der Waals surface area contributed by atoms with E-state index in [1.54, 1.807) is 37.2 Å². The molecule has 0 aliphatic carbocycles. The van der Waals surface area contributed by atoms with E-state index in [1.807, 2.05) is 67.5 Å². The molecule has 0 spiro atoms. The van der Waals surface area contributed by atoms with Crippen LogP contribution in [0.2, 0.25) is 0 Å². The van der Waals surface area contributed by atoms with Crippen molar-refractivity contribution in [2.24, 2.45) is 5.92 Å². The third-order valence-corrected chi connectivity index (χ3v) is 9.07. The second kappa shape index (κ2) is 30.2. The summed E-state index contributed by atoms with van der Waals surface area (Å²) in [4.78, 5) is 41.0. The van der Waals surface area contributed by atoms with Crippen molar-refractivity contribution >= 4 is 17.9 Å². The SMILES string of the molecule is CC1=CC(=O)OC1.CC1=COC(C)(C)O1.CC1=COCO1.CC1C=CC(=O)O1.CC1CC2C=CC1O2.CC1CC=CC(=O)O1.CC1CC=CO1.CC1CCC=CO1.Cc1ccoc(=O)c1. The lowest BCUT2D eigenvalue weighted by Gasteiger charge is -2.16. The van der Waals surface area contributed by atoms with Crippen LogP contribution >= 0.6 is 0 Å². The maximum atomic E-state index is 10.4. The first kappa shape index (κ1) is 55.2. The molecule has 10 rings (SSSR count). The summed E-state index contributed by atoms with van der Waals surface area (Å²) in [6, 6.07) is 3.18. The van der Waals surface area contributed by atoms with Crippen molar-refractivity contribution in [3.63, 3.8) is 0 Å². The highest BCUT2D eigenvalue weighted by Crippen LogP contribution is 2.32. The van der Waals surface area contributed by atoms with Crippen LogP contribution in [-0.4, -0.2) is 73.7 Å². The average Bonchev–Trinajstić information content (AvgIpc) is 4.13. The molecular weight excluding hydrogens is 841 g/mol. The van der Waals surface area contributed by atoms with Crippen LogP contribution in [0.1, 0.15) is 107 Å². The lowest BCUT2D eigenvalue weighted by atomic mass is 9.97. The number of hydrogen-bond acceptors (Lipinski definition) is 15. The van der Waals surface area contributed by atoms with E-state index in [9.17, 15) is 19.2 Å². The number of ether oxygens (including phenoxy) is 10. The van der Waals surface area contributed by atoms with Crippen LogP contribution in [-0.2, 0) is 61.8 Å². The maximum Gasteiger partial charge on any atom is 0.335 e. The second-order valence-corrected chi connectivity index (χ2v) is 16.3. The Morgan fingerprint density at radius 3 is 1.65 bits per heavy atom. The van der Waals surface area contributed by atoms with Crippen LogP contribution in [0.25, 0.3) is 0 Å². The minimum atomic E-state index is -0.427. The van der Waals surface area contributed by atoms with Gasteiger partial charge in [0.1, 0.15) is 42.9 Å². The first-order valence-electron chi connectivity index (χ1n) is 21.8. The van der Waals surface area contributed by atoms with Crippen molar-refractivity contribution in [2.45, 2.75) is 151 Å². The molecular formula is C50H70O15. The van der Waals surface area contributed by atoms with Gasteiger partial charge >= 0.3 is 23.5 Å². The molecule has 0 radical (unpaired) electrons. The van der Waals surface area contributed by atoms with E-state index in [0.717, 1.165) is 41.4 Å². The molecule has 1 aromatic rings. The summed E-state index contributed by atoms with van der Waals surface area (Å²) < 4.78 is 53.6. The molecule has 2 bridgehead atoms. The number of cyclic esters (lactones) is 3. The number of rotatable bonds is 0. The highest BCUT2D eigenvalue weighted by atomic mass is 16.7. The maximum absolute atomic E-state index is 10.4. The van der Waals surface area contributed by atoms with Crippen LogP contribution in [0.3, 0.4) is 0 Å². The quantitative estimate of drug-likeness (QED) is 0.137. The summed E-state index contributed by atoms with van der Waals surface area (Å²) in [5.41, 5.74) is 1.65. The van der Waals surface area contributed by atoms with Gasteiger partial charge in [-0.05, 0) is 116 Å². The number of esters is 3. The summed E-state index contributed by atoms with van der Waals surface area (Å²) in [6.45, 7) is 22.1. The lowest BCUT2D eigenvalue weighted by Crippen LogP contribution is -2.19. The average molecular weight is 911 g/mol. The van der Waals surface area contributed by atoms with E-state index in [0.29, 0.717) is 37.8 Å². The largest absolute Gasteiger partial charge is 0.499 e. The number of hydrogen-bond donors (Lipinski definition) is 0. The highest BCUT2D eigenvalue weighted by Gasteiger charge is 2.33. The first-order valence-corrected chi connectivity index (χ1v) is 21.8. The van der Waals surface area contributed by atoms with E-state index < -0.39 is 5.79 Å². The zero-order valence-corrected chi connectivity index (χ0v) is 39.9. The van der Waals surface area contributed by atoms with Crippen molar-refractivity contribution in [1.82, 2.24) is 0 Å². The van der Waals surface area contributed by atoms with Crippen molar-refractivity contribution in [2.75, 3.05) is 13.4 Å². The number of aryl methyl sites for hydroxylation is 1. The summed E-state index contributed by atoms with van der Waals surface area (Å²) in [5, 5.41) is 0. The first-order chi connectivity index (χ1) is 30.8. The van der Waals surface area contributed by atoms with Gasteiger partial charge in [-0.15, -0.1) is 0 Å². The molecule has 0 N–H and O–H groups in total. The molecule has 1 saturated heterocycles. The molecule has 0 aromatic carbocycles. The highest BCUT2D eigenvalue weighted by molar-refractivity contribution is 5.85. The van der Waals surface area contributed by atoms with Crippen LogP contribution in [0, 0.1) is 12.8 Å². The van der Waals surface area contributed by atoms with E-state index in [-0.39, 0.29) is 35.7 Å². The van der Waals surface area contributed by atoms with Crippen LogP contribution < -0.4 is 5.63 Å². The van der Waals surface area contributed by atoms with Gasteiger partial charge in [-0.1, -0.05) is 25.2 Å². The normalized spacial score (nSPS) is 26.5. The Balaban J connectivity index is 0.000000252. The molecule has 1 aromatic heterocycles. The van der Waals surface area contributed by atoms with Gasteiger partial charge in [0.2, 0.25) is 12.6 Å². The van der Waals surface area contributed by atoms with Crippen LogP contribution in [0.4, 0.5) is 0 Å². The molecule has 1 fully saturated rings. The Kier molecular flexibility index (Phi) is 25.7. The smallest absolute Gasteiger partial charge is 0.335 e. The van der Waals surface area contributed by atoms with E-state index >= 15 is 0 Å². The van der Waals surface area contributed by atoms with Crippen LogP contribution in [0.15, 0.2) is 124 Å². The monoisotopic (exact) mass is 910 g/mol. The van der Waals surface area contributed by atoms with Crippen molar-refractivity contribution < 1.29 is 66.2 Å².